The van der Waals surface area contributed by atoms with Gasteiger partial charge in [0.15, 0.2) is 0 Å². The zero-order valence-electron chi connectivity index (χ0n) is 15.1. The van der Waals surface area contributed by atoms with Crippen molar-refractivity contribution in [2.24, 2.45) is 5.73 Å². The van der Waals surface area contributed by atoms with Crippen LogP contribution in [-0.2, 0) is 4.79 Å². The zero-order chi connectivity index (χ0) is 18.5. The van der Waals surface area contributed by atoms with E-state index in [0.717, 1.165) is 12.0 Å². The first-order valence-electron chi connectivity index (χ1n) is 8.48. The number of carbonyl (C=O) groups excluding carboxylic acids is 1. The smallest absolute Gasteiger partial charge is 0.287 e. The summed E-state index contributed by atoms with van der Waals surface area (Å²) in [6, 6.07) is 12.3. The molecular formula is C18H23Cl2N5O3. The fraction of sp³-hybridized carbons (Fsp3) is 0.333. The molecule has 1 aromatic heterocycles. The number of aromatic nitrogens is 1. The molecule has 0 aliphatic carbocycles. The Labute approximate surface area is 175 Å². The van der Waals surface area contributed by atoms with Crippen LogP contribution in [0, 0.1) is 10.1 Å². The van der Waals surface area contributed by atoms with Gasteiger partial charge in [0.1, 0.15) is 12.0 Å². The number of nitro groups is 1. The van der Waals surface area contributed by atoms with Gasteiger partial charge >= 0.3 is 0 Å². The van der Waals surface area contributed by atoms with Gasteiger partial charge in [-0.2, -0.15) is 0 Å². The molecule has 152 valence electrons. The third-order valence-electron chi connectivity index (χ3n) is 4.47. The van der Waals surface area contributed by atoms with E-state index < -0.39 is 4.92 Å². The molecule has 0 saturated carbocycles. The number of nitrogens with two attached hydrogens (primary N) is 1. The van der Waals surface area contributed by atoms with Crippen molar-refractivity contribution in [1.82, 2.24) is 9.88 Å². The maximum atomic E-state index is 12.5. The highest BCUT2D eigenvalue weighted by molar-refractivity contribution is 5.85. The third kappa shape index (κ3) is 6.05. The Bertz CT molecular complexity index is 777. The lowest BCUT2D eigenvalue weighted by Gasteiger charge is -2.20. The van der Waals surface area contributed by atoms with Crippen LogP contribution in [0.3, 0.4) is 0 Å². The molecule has 0 spiro atoms. The zero-order valence-corrected chi connectivity index (χ0v) is 16.7. The minimum atomic E-state index is -0.483. The molecule has 1 saturated heterocycles. The van der Waals surface area contributed by atoms with Crippen LogP contribution in [-0.4, -0.2) is 39.8 Å². The summed E-state index contributed by atoms with van der Waals surface area (Å²) in [7, 11) is 0. The molecule has 2 atom stereocenters. The summed E-state index contributed by atoms with van der Waals surface area (Å²) in [5, 5.41) is 13.9. The van der Waals surface area contributed by atoms with Crippen LogP contribution in [0.15, 0.2) is 48.7 Å². The van der Waals surface area contributed by atoms with E-state index in [1.807, 2.05) is 30.3 Å². The van der Waals surface area contributed by atoms with Crippen molar-refractivity contribution in [1.29, 1.82) is 0 Å². The van der Waals surface area contributed by atoms with Gasteiger partial charge < -0.3 is 16.0 Å². The number of likely N-dealkylation sites (tertiary alicyclic amines) is 1. The van der Waals surface area contributed by atoms with Gasteiger partial charge in [-0.05, 0) is 18.1 Å². The Morgan fingerprint density at radius 1 is 1.29 bits per heavy atom. The van der Waals surface area contributed by atoms with Crippen molar-refractivity contribution in [3.63, 3.8) is 0 Å². The van der Waals surface area contributed by atoms with Gasteiger partial charge in [0.2, 0.25) is 5.91 Å². The minimum absolute atomic E-state index is 0. The van der Waals surface area contributed by atoms with E-state index in [0.29, 0.717) is 18.9 Å². The summed E-state index contributed by atoms with van der Waals surface area (Å²) in [6.07, 6.45) is 2.29. The van der Waals surface area contributed by atoms with Crippen LogP contribution in [0.1, 0.15) is 24.4 Å². The quantitative estimate of drug-likeness (QED) is 0.540. The molecule has 1 aromatic carbocycles. The number of amides is 1. The Morgan fingerprint density at radius 2 is 2.00 bits per heavy atom. The van der Waals surface area contributed by atoms with E-state index in [-0.39, 0.29) is 54.9 Å². The predicted molar refractivity (Wildman–Crippen MR) is 112 cm³/mol. The van der Waals surface area contributed by atoms with E-state index >= 15 is 0 Å². The average molecular weight is 428 g/mol. The number of nitrogens with one attached hydrogen (secondary N) is 1. The van der Waals surface area contributed by atoms with Crippen LogP contribution >= 0.6 is 24.8 Å². The topological polar surface area (TPSA) is 114 Å². The van der Waals surface area contributed by atoms with Gasteiger partial charge in [-0.25, -0.2) is 4.98 Å². The molecule has 3 rings (SSSR count). The molecule has 1 amide bonds. The van der Waals surface area contributed by atoms with Crippen molar-refractivity contribution >= 4 is 42.2 Å². The van der Waals surface area contributed by atoms with Gasteiger partial charge in [0, 0.05) is 37.7 Å². The van der Waals surface area contributed by atoms with Crippen LogP contribution in [0.5, 0.6) is 0 Å². The van der Waals surface area contributed by atoms with Crippen molar-refractivity contribution in [2.75, 3.05) is 18.4 Å². The molecule has 1 aliphatic heterocycles. The van der Waals surface area contributed by atoms with Gasteiger partial charge in [0.05, 0.1) is 4.92 Å². The van der Waals surface area contributed by atoms with Crippen LogP contribution in [0.25, 0.3) is 0 Å². The maximum Gasteiger partial charge on any atom is 0.287 e. The summed E-state index contributed by atoms with van der Waals surface area (Å²) in [6.45, 7) is 1.23. The normalized spacial score (nSPS) is 16.5. The summed E-state index contributed by atoms with van der Waals surface area (Å²) in [4.78, 5) is 28.5. The van der Waals surface area contributed by atoms with E-state index in [9.17, 15) is 14.9 Å². The first-order chi connectivity index (χ1) is 12.5. The van der Waals surface area contributed by atoms with Crippen LogP contribution in [0.4, 0.5) is 11.5 Å². The average Bonchev–Trinajstić information content (AvgIpc) is 3.11. The molecule has 2 heterocycles. The second-order valence-corrected chi connectivity index (χ2v) is 6.35. The lowest BCUT2D eigenvalue weighted by molar-refractivity contribution is -0.385. The number of rotatable bonds is 6. The van der Waals surface area contributed by atoms with Gasteiger partial charge in [-0.15, -0.1) is 24.8 Å². The van der Waals surface area contributed by atoms with E-state index in [4.69, 9.17) is 5.73 Å². The first kappa shape index (κ1) is 23.6. The molecule has 28 heavy (non-hydrogen) atoms. The largest absolute Gasteiger partial charge is 0.365 e. The second-order valence-electron chi connectivity index (χ2n) is 6.35. The maximum absolute atomic E-state index is 12.5. The van der Waals surface area contributed by atoms with Crippen molar-refractivity contribution in [3.8, 4) is 0 Å². The molecular weight excluding hydrogens is 405 g/mol. The number of benzene rings is 1. The second kappa shape index (κ2) is 10.8. The highest BCUT2D eigenvalue weighted by Gasteiger charge is 2.27. The SMILES string of the molecule is Cl.Cl.NC(CC(=O)N1CCC(Nc2ccc([N+](=O)[O-])cn2)C1)c1ccccc1. The highest BCUT2D eigenvalue weighted by atomic mass is 35.5. The van der Waals surface area contributed by atoms with Crippen LogP contribution in [0.2, 0.25) is 0 Å². The number of anilines is 1. The molecule has 2 aromatic rings. The predicted octanol–water partition coefficient (Wildman–Crippen LogP) is 2.94. The highest BCUT2D eigenvalue weighted by Crippen LogP contribution is 2.20. The Hall–Kier alpha value is -2.42. The molecule has 8 nitrogen and oxygen atoms in total. The lowest BCUT2D eigenvalue weighted by Crippen LogP contribution is -2.33. The van der Waals surface area contributed by atoms with E-state index in [1.165, 1.54) is 12.3 Å². The van der Waals surface area contributed by atoms with E-state index in [2.05, 4.69) is 10.3 Å². The van der Waals surface area contributed by atoms with Crippen LogP contribution < -0.4 is 11.1 Å². The number of halogens is 2. The number of pyridine rings is 1. The number of carbonyl (C=O) groups is 1. The number of hydrogen-bond donors (Lipinski definition) is 2. The molecule has 0 radical (unpaired) electrons. The first-order valence-corrected chi connectivity index (χ1v) is 8.48. The Kier molecular flexibility index (Phi) is 9.11. The van der Waals surface area contributed by atoms with Gasteiger partial charge in [-0.1, -0.05) is 30.3 Å². The summed E-state index contributed by atoms with van der Waals surface area (Å²) < 4.78 is 0. The van der Waals surface area contributed by atoms with Crippen molar-refractivity contribution < 1.29 is 9.72 Å². The minimum Gasteiger partial charge on any atom is -0.365 e. The molecule has 1 aliphatic rings. The molecule has 3 N–H and O–H groups in total. The molecule has 0 bridgehead atoms. The van der Waals surface area contributed by atoms with Crippen molar-refractivity contribution in [3.05, 3.63) is 64.3 Å². The van der Waals surface area contributed by atoms with Gasteiger partial charge in [-0.3, -0.25) is 14.9 Å². The van der Waals surface area contributed by atoms with Crippen molar-refractivity contribution in [2.45, 2.75) is 24.9 Å². The third-order valence-corrected chi connectivity index (χ3v) is 4.47. The fourth-order valence-corrected chi connectivity index (χ4v) is 3.03. The monoisotopic (exact) mass is 427 g/mol. The molecule has 1 fully saturated rings. The van der Waals surface area contributed by atoms with Gasteiger partial charge in [0.25, 0.3) is 5.69 Å². The standard InChI is InChI=1S/C18H21N5O3.2ClH/c19-16(13-4-2-1-3-5-13)10-18(24)22-9-8-14(12-22)21-17-7-6-15(11-20-17)23(25)26;;/h1-7,11,14,16H,8-10,12,19H2,(H,20,21);2*1H. The fourth-order valence-electron chi connectivity index (χ4n) is 3.03. The Balaban J connectivity index is 0.00000196. The number of nitrogens with zero attached hydrogens (tertiary/aromatic N) is 3. The molecule has 2 unspecified atom stereocenters. The summed E-state index contributed by atoms with van der Waals surface area (Å²) in [5.74, 6) is 0.596. The van der Waals surface area contributed by atoms with E-state index in [1.54, 1.807) is 11.0 Å². The number of hydrogen-bond acceptors (Lipinski definition) is 6. The Morgan fingerprint density at radius 3 is 2.61 bits per heavy atom. The lowest BCUT2D eigenvalue weighted by atomic mass is 10.0. The summed E-state index contributed by atoms with van der Waals surface area (Å²) >= 11 is 0. The molecule has 10 heteroatoms. The summed E-state index contributed by atoms with van der Waals surface area (Å²) in [5.41, 5.74) is 7.03.